The number of rotatable bonds is 3. The fourth-order valence-corrected chi connectivity index (χ4v) is 2.08. The highest BCUT2D eigenvalue weighted by Gasteiger charge is 2.24. The molecule has 2 N–H and O–H groups in total. The van der Waals surface area contributed by atoms with Crippen LogP contribution in [0.15, 0.2) is 12.3 Å². The first-order chi connectivity index (χ1) is 7.66. The third kappa shape index (κ3) is 2.35. The molecular formula is C11H18N4O. The minimum atomic E-state index is 0.177. The number of carbonyl (C=O) groups excluding carboxylic acids is 1. The SMILES string of the molecule is CC1CCCN(CCn2ccc(N)n2)C1=O. The van der Waals surface area contributed by atoms with Gasteiger partial charge in [-0.25, -0.2) is 0 Å². The number of anilines is 1. The predicted octanol–water partition coefficient (Wildman–Crippen LogP) is 0.724. The average molecular weight is 222 g/mol. The van der Waals surface area contributed by atoms with Gasteiger partial charge in [0.2, 0.25) is 5.91 Å². The van der Waals surface area contributed by atoms with Crippen LogP contribution in [0.3, 0.4) is 0 Å². The predicted molar refractivity (Wildman–Crippen MR) is 61.6 cm³/mol. The summed E-state index contributed by atoms with van der Waals surface area (Å²) in [5.74, 6) is 0.973. The van der Waals surface area contributed by atoms with Gasteiger partial charge < -0.3 is 10.6 Å². The van der Waals surface area contributed by atoms with Gasteiger partial charge in [0.05, 0.1) is 6.54 Å². The molecule has 0 radical (unpaired) electrons. The molecule has 1 saturated heterocycles. The third-order valence-electron chi connectivity index (χ3n) is 3.06. The van der Waals surface area contributed by atoms with Gasteiger partial charge in [0.1, 0.15) is 5.82 Å². The Labute approximate surface area is 95.2 Å². The molecule has 1 atom stereocenters. The second kappa shape index (κ2) is 4.55. The Morgan fingerprint density at radius 2 is 2.38 bits per heavy atom. The lowest BCUT2D eigenvalue weighted by molar-refractivity contribution is -0.137. The second-order valence-corrected chi connectivity index (χ2v) is 4.37. The Morgan fingerprint density at radius 1 is 1.56 bits per heavy atom. The average Bonchev–Trinajstić information content (AvgIpc) is 2.67. The lowest BCUT2D eigenvalue weighted by Gasteiger charge is -2.30. The van der Waals surface area contributed by atoms with Gasteiger partial charge in [0.15, 0.2) is 0 Å². The molecule has 0 saturated carbocycles. The van der Waals surface area contributed by atoms with Crippen LogP contribution in [0.4, 0.5) is 5.82 Å². The van der Waals surface area contributed by atoms with E-state index < -0.39 is 0 Å². The van der Waals surface area contributed by atoms with E-state index in [9.17, 15) is 4.79 Å². The Balaban J connectivity index is 1.87. The summed E-state index contributed by atoms with van der Waals surface area (Å²) in [5, 5.41) is 4.10. The molecule has 1 amide bonds. The standard InChI is InChI=1S/C11H18N4O/c1-9-3-2-5-14(11(9)16)7-8-15-6-4-10(12)13-15/h4,6,9H,2-3,5,7-8H2,1H3,(H2,12,13). The highest BCUT2D eigenvalue weighted by Crippen LogP contribution is 2.16. The number of nitrogens with two attached hydrogens (primary N) is 1. The van der Waals surface area contributed by atoms with Gasteiger partial charge in [-0.15, -0.1) is 0 Å². The topological polar surface area (TPSA) is 64.2 Å². The summed E-state index contributed by atoms with van der Waals surface area (Å²) in [6.07, 6.45) is 3.96. The van der Waals surface area contributed by atoms with Gasteiger partial charge in [-0.3, -0.25) is 9.48 Å². The van der Waals surface area contributed by atoms with Gasteiger partial charge >= 0.3 is 0 Å². The van der Waals surface area contributed by atoms with Gasteiger partial charge in [0.25, 0.3) is 0 Å². The Morgan fingerprint density at radius 3 is 3.06 bits per heavy atom. The number of nitrogen functional groups attached to an aromatic ring is 1. The lowest BCUT2D eigenvalue weighted by Crippen LogP contribution is -2.41. The molecule has 1 aliphatic heterocycles. The largest absolute Gasteiger partial charge is 0.382 e. The van der Waals surface area contributed by atoms with Crippen LogP contribution >= 0.6 is 0 Å². The maximum Gasteiger partial charge on any atom is 0.225 e. The van der Waals surface area contributed by atoms with E-state index >= 15 is 0 Å². The summed E-state index contributed by atoms with van der Waals surface area (Å²) in [6.45, 7) is 4.32. The smallest absolute Gasteiger partial charge is 0.225 e. The molecule has 88 valence electrons. The normalized spacial score (nSPS) is 21.4. The highest BCUT2D eigenvalue weighted by atomic mass is 16.2. The second-order valence-electron chi connectivity index (χ2n) is 4.37. The molecule has 1 fully saturated rings. The van der Waals surface area contributed by atoms with Crippen LogP contribution in [0.5, 0.6) is 0 Å². The van der Waals surface area contributed by atoms with Crippen molar-refractivity contribution < 1.29 is 4.79 Å². The zero-order chi connectivity index (χ0) is 11.5. The monoisotopic (exact) mass is 222 g/mol. The van der Waals surface area contributed by atoms with E-state index in [1.54, 1.807) is 10.7 Å². The van der Waals surface area contributed by atoms with Crippen molar-refractivity contribution in [2.45, 2.75) is 26.3 Å². The molecule has 0 bridgehead atoms. The van der Waals surface area contributed by atoms with Crippen LogP contribution in [-0.2, 0) is 11.3 Å². The molecule has 0 spiro atoms. The number of hydrogen-bond donors (Lipinski definition) is 1. The number of amides is 1. The highest BCUT2D eigenvalue weighted by molar-refractivity contribution is 5.79. The summed E-state index contributed by atoms with van der Waals surface area (Å²) in [6, 6.07) is 1.76. The van der Waals surface area contributed by atoms with Crippen LogP contribution < -0.4 is 5.73 Å². The van der Waals surface area contributed by atoms with E-state index in [0.29, 0.717) is 5.82 Å². The first kappa shape index (κ1) is 11.0. The maximum absolute atomic E-state index is 11.8. The van der Waals surface area contributed by atoms with E-state index in [1.165, 1.54) is 0 Å². The first-order valence-electron chi connectivity index (χ1n) is 5.74. The summed E-state index contributed by atoms with van der Waals surface area (Å²) < 4.78 is 1.78. The van der Waals surface area contributed by atoms with E-state index in [0.717, 1.165) is 32.5 Å². The van der Waals surface area contributed by atoms with Crippen LogP contribution in [0.1, 0.15) is 19.8 Å². The van der Waals surface area contributed by atoms with Gasteiger partial charge in [-0.05, 0) is 18.9 Å². The number of hydrogen-bond acceptors (Lipinski definition) is 3. The van der Waals surface area contributed by atoms with Crippen LogP contribution in [0.25, 0.3) is 0 Å². The molecule has 0 aliphatic carbocycles. The molecule has 1 aliphatic rings. The van der Waals surface area contributed by atoms with Crippen LogP contribution in [-0.4, -0.2) is 33.7 Å². The van der Waals surface area contributed by atoms with Crippen molar-refractivity contribution in [1.82, 2.24) is 14.7 Å². The lowest BCUT2D eigenvalue weighted by atomic mass is 9.99. The Hall–Kier alpha value is -1.52. The minimum absolute atomic E-state index is 0.177. The van der Waals surface area contributed by atoms with Crippen molar-refractivity contribution in [3.05, 3.63) is 12.3 Å². The Kier molecular flexibility index (Phi) is 3.12. The minimum Gasteiger partial charge on any atom is -0.382 e. The molecule has 5 heteroatoms. The quantitative estimate of drug-likeness (QED) is 0.819. The van der Waals surface area contributed by atoms with Crippen molar-refractivity contribution in [1.29, 1.82) is 0 Å². The number of aromatic nitrogens is 2. The molecule has 0 aromatic carbocycles. The van der Waals surface area contributed by atoms with Gasteiger partial charge in [-0.1, -0.05) is 6.92 Å². The molecule has 1 aromatic rings. The summed E-state index contributed by atoms with van der Waals surface area (Å²) in [4.78, 5) is 13.7. The van der Waals surface area contributed by atoms with Crippen molar-refractivity contribution in [3.8, 4) is 0 Å². The molecule has 2 rings (SSSR count). The van der Waals surface area contributed by atoms with Gasteiger partial charge in [0, 0.05) is 25.2 Å². The van der Waals surface area contributed by atoms with Gasteiger partial charge in [-0.2, -0.15) is 5.10 Å². The van der Waals surface area contributed by atoms with Crippen molar-refractivity contribution in [3.63, 3.8) is 0 Å². The van der Waals surface area contributed by atoms with Crippen molar-refractivity contribution in [2.75, 3.05) is 18.8 Å². The zero-order valence-electron chi connectivity index (χ0n) is 9.59. The van der Waals surface area contributed by atoms with Crippen LogP contribution in [0.2, 0.25) is 0 Å². The Bertz CT molecular complexity index is 374. The summed E-state index contributed by atoms with van der Waals surface area (Å²) in [7, 11) is 0. The number of nitrogens with zero attached hydrogens (tertiary/aromatic N) is 3. The molecule has 16 heavy (non-hydrogen) atoms. The number of likely N-dealkylation sites (tertiary alicyclic amines) is 1. The first-order valence-corrected chi connectivity index (χ1v) is 5.74. The molecule has 1 unspecified atom stereocenters. The molecular weight excluding hydrogens is 204 g/mol. The summed E-state index contributed by atoms with van der Waals surface area (Å²) in [5.41, 5.74) is 5.52. The summed E-state index contributed by atoms with van der Waals surface area (Å²) >= 11 is 0. The van der Waals surface area contributed by atoms with Crippen molar-refractivity contribution >= 4 is 11.7 Å². The van der Waals surface area contributed by atoms with E-state index in [4.69, 9.17) is 5.73 Å². The fraction of sp³-hybridized carbons (Fsp3) is 0.636. The molecule has 5 nitrogen and oxygen atoms in total. The third-order valence-corrected chi connectivity index (χ3v) is 3.06. The maximum atomic E-state index is 11.8. The molecule has 1 aromatic heterocycles. The van der Waals surface area contributed by atoms with E-state index in [1.807, 2.05) is 18.0 Å². The zero-order valence-corrected chi connectivity index (χ0v) is 9.59. The number of carbonyl (C=O) groups is 1. The number of piperidine rings is 1. The fourth-order valence-electron chi connectivity index (χ4n) is 2.08. The van der Waals surface area contributed by atoms with Crippen molar-refractivity contribution in [2.24, 2.45) is 5.92 Å². The van der Waals surface area contributed by atoms with Crippen LogP contribution in [0, 0.1) is 5.92 Å². The van der Waals surface area contributed by atoms with E-state index in [2.05, 4.69) is 5.10 Å². The van der Waals surface area contributed by atoms with E-state index in [-0.39, 0.29) is 11.8 Å². The molecule has 2 heterocycles.